The summed E-state index contributed by atoms with van der Waals surface area (Å²) in [4.78, 5) is 19.2. The third kappa shape index (κ3) is 2.68. The maximum absolute atomic E-state index is 12.8. The van der Waals surface area contributed by atoms with Gasteiger partial charge in [-0.3, -0.25) is 9.78 Å². The first-order valence-electron chi connectivity index (χ1n) is 6.99. The fourth-order valence-corrected chi connectivity index (χ4v) is 3.18. The average molecular weight is 291 g/mol. The van der Waals surface area contributed by atoms with Crippen molar-refractivity contribution in [3.63, 3.8) is 0 Å². The highest BCUT2D eigenvalue weighted by atomic mass is 32.1. The first-order chi connectivity index (χ1) is 9.49. The van der Waals surface area contributed by atoms with Crippen molar-refractivity contribution in [2.45, 2.75) is 33.2 Å². The Bertz CT molecular complexity index is 497. The Morgan fingerprint density at radius 1 is 1.55 bits per heavy atom. The number of carbonyl (C=O) groups excluding carboxylic acids is 1. The van der Waals surface area contributed by atoms with E-state index in [1.807, 2.05) is 25.1 Å². The number of rotatable bonds is 5. The number of hydrogen-bond acceptors (Lipinski definition) is 3. The number of carbonyl (C=O) groups is 1. The van der Waals surface area contributed by atoms with E-state index in [4.69, 9.17) is 18.0 Å². The van der Waals surface area contributed by atoms with Gasteiger partial charge in [0.25, 0.3) is 0 Å². The van der Waals surface area contributed by atoms with Gasteiger partial charge < -0.3 is 10.6 Å². The molecule has 1 aliphatic carbocycles. The Morgan fingerprint density at radius 3 is 2.70 bits per heavy atom. The molecule has 1 fully saturated rings. The minimum atomic E-state index is -0.625. The van der Waals surface area contributed by atoms with Crippen LogP contribution in [0.25, 0.3) is 0 Å². The molecule has 4 nitrogen and oxygen atoms in total. The number of thiocarbonyl (C=S) groups is 1. The molecule has 1 aromatic heterocycles. The minimum Gasteiger partial charge on any atom is -0.392 e. The first-order valence-corrected chi connectivity index (χ1v) is 7.39. The van der Waals surface area contributed by atoms with Crippen molar-refractivity contribution in [3.8, 4) is 0 Å². The van der Waals surface area contributed by atoms with Crippen LogP contribution in [0.2, 0.25) is 0 Å². The highest BCUT2D eigenvalue weighted by Gasteiger charge is 2.52. The normalized spacial score (nSPS) is 24.8. The van der Waals surface area contributed by atoms with Gasteiger partial charge in [-0.1, -0.05) is 25.2 Å². The second-order valence-corrected chi connectivity index (χ2v) is 6.04. The van der Waals surface area contributed by atoms with Crippen LogP contribution in [0, 0.1) is 11.3 Å². The molecule has 0 atom stereocenters. The fraction of sp³-hybridized carbons (Fsp3) is 0.533. The van der Waals surface area contributed by atoms with Crippen LogP contribution < -0.4 is 5.73 Å². The molecule has 0 saturated heterocycles. The van der Waals surface area contributed by atoms with Crippen LogP contribution in [0.3, 0.4) is 0 Å². The molecule has 1 saturated carbocycles. The average Bonchev–Trinajstić information content (AvgIpc) is 2.41. The second kappa shape index (κ2) is 5.87. The number of aromatic nitrogens is 1. The van der Waals surface area contributed by atoms with Crippen molar-refractivity contribution in [2.24, 2.45) is 17.1 Å². The molecule has 1 aromatic rings. The van der Waals surface area contributed by atoms with Gasteiger partial charge in [0.2, 0.25) is 5.91 Å². The van der Waals surface area contributed by atoms with Crippen LogP contribution in [0.4, 0.5) is 0 Å². The van der Waals surface area contributed by atoms with Gasteiger partial charge in [-0.2, -0.15) is 0 Å². The lowest BCUT2D eigenvalue weighted by atomic mass is 9.61. The molecule has 2 rings (SSSR count). The van der Waals surface area contributed by atoms with E-state index in [1.165, 1.54) is 0 Å². The molecule has 0 unspecified atom stereocenters. The molecule has 20 heavy (non-hydrogen) atoms. The molecule has 5 heteroatoms. The van der Waals surface area contributed by atoms with Gasteiger partial charge in [0.05, 0.1) is 22.6 Å². The summed E-state index contributed by atoms with van der Waals surface area (Å²) in [5, 5.41) is 0. The molecular formula is C15H21N3OS. The summed E-state index contributed by atoms with van der Waals surface area (Å²) in [6.07, 6.45) is 3.27. The Hall–Kier alpha value is -1.49. The third-order valence-corrected chi connectivity index (χ3v) is 4.41. The summed E-state index contributed by atoms with van der Waals surface area (Å²) in [7, 11) is 0. The van der Waals surface area contributed by atoms with Crippen molar-refractivity contribution in [1.29, 1.82) is 0 Å². The van der Waals surface area contributed by atoms with Crippen LogP contribution in [0.1, 0.15) is 32.4 Å². The van der Waals surface area contributed by atoms with Crippen molar-refractivity contribution in [3.05, 3.63) is 30.1 Å². The van der Waals surface area contributed by atoms with Crippen LogP contribution in [-0.2, 0) is 11.3 Å². The Balaban J connectivity index is 2.15. The summed E-state index contributed by atoms with van der Waals surface area (Å²) >= 11 is 5.16. The maximum Gasteiger partial charge on any atom is 0.235 e. The van der Waals surface area contributed by atoms with Crippen LogP contribution in [0.15, 0.2) is 24.4 Å². The van der Waals surface area contributed by atoms with E-state index in [0.717, 1.165) is 18.5 Å². The molecule has 0 bridgehead atoms. The number of nitrogens with zero attached hydrogens (tertiary/aromatic N) is 2. The SMILES string of the molecule is CCN(Cc1ccccn1)C(=O)C1(C(N)=S)CC(C)C1. The monoisotopic (exact) mass is 291 g/mol. The molecule has 0 radical (unpaired) electrons. The van der Waals surface area contributed by atoms with Crippen LogP contribution in [-0.4, -0.2) is 27.3 Å². The highest BCUT2D eigenvalue weighted by Crippen LogP contribution is 2.47. The minimum absolute atomic E-state index is 0.0521. The summed E-state index contributed by atoms with van der Waals surface area (Å²) in [5.74, 6) is 0.560. The van der Waals surface area contributed by atoms with Gasteiger partial charge in [-0.25, -0.2) is 0 Å². The van der Waals surface area contributed by atoms with E-state index < -0.39 is 5.41 Å². The molecule has 2 N–H and O–H groups in total. The number of amides is 1. The zero-order chi connectivity index (χ0) is 14.8. The van der Waals surface area contributed by atoms with E-state index in [1.54, 1.807) is 11.1 Å². The second-order valence-electron chi connectivity index (χ2n) is 5.60. The van der Waals surface area contributed by atoms with Crippen molar-refractivity contribution in [2.75, 3.05) is 6.54 Å². The molecule has 1 aliphatic rings. The largest absolute Gasteiger partial charge is 0.392 e. The standard InChI is InChI=1S/C15H21N3OS/c1-3-18(10-12-6-4-5-7-17-12)14(19)15(13(16)20)8-11(2)9-15/h4-7,11H,3,8-10H2,1-2H3,(H2,16,20). The molecule has 1 heterocycles. The number of hydrogen-bond donors (Lipinski definition) is 1. The predicted octanol–water partition coefficient (Wildman–Crippen LogP) is 2.13. The van der Waals surface area contributed by atoms with Gasteiger partial charge in [0, 0.05) is 12.7 Å². The molecule has 1 amide bonds. The quantitative estimate of drug-likeness (QED) is 0.844. The zero-order valence-corrected chi connectivity index (χ0v) is 12.8. The van der Waals surface area contributed by atoms with E-state index in [-0.39, 0.29) is 5.91 Å². The lowest BCUT2D eigenvalue weighted by Crippen LogP contribution is -2.56. The summed E-state index contributed by atoms with van der Waals surface area (Å²) in [6, 6.07) is 5.72. The van der Waals surface area contributed by atoms with Crippen molar-refractivity contribution in [1.82, 2.24) is 9.88 Å². The molecule has 0 aromatic carbocycles. The smallest absolute Gasteiger partial charge is 0.235 e. The maximum atomic E-state index is 12.8. The summed E-state index contributed by atoms with van der Waals surface area (Å²) in [5.41, 5.74) is 6.11. The number of pyridine rings is 1. The van der Waals surface area contributed by atoms with Crippen molar-refractivity contribution >= 4 is 23.1 Å². The van der Waals surface area contributed by atoms with E-state index in [9.17, 15) is 4.79 Å². The van der Waals surface area contributed by atoms with E-state index >= 15 is 0 Å². The number of nitrogens with two attached hydrogens (primary N) is 1. The Kier molecular flexibility index (Phi) is 4.38. The molecule has 0 spiro atoms. The fourth-order valence-electron chi connectivity index (χ4n) is 2.93. The Morgan fingerprint density at radius 2 is 2.25 bits per heavy atom. The topological polar surface area (TPSA) is 59.2 Å². The molecule has 0 aliphatic heterocycles. The first kappa shape index (κ1) is 14.9. The Labute approximate surface area is 125 Å². The predicted molar refractivity (Wildman–Crippen MR) is 82.9 cm³/mol. The van der Waals surface area contributed by atoms with E-state index in [0.29, 0.717) is 24.0 Å². The van der Waals surface area contributed by atoms with Gasteiger partial charge in [-0.15, -0.1) is 0 Å². The van der Waals surface area contributed by atoms with Crippen molar-refractivity contribution < 1.29 is 4.79 Å². The summed E-state index contributed by atoms with van der Waals surface area (Å²) < 4.78 is 0. The van der Waals surface area contributed by atoms with Gasteiger partial charge in [0.15, 0.2) is 0 Å². The van der Waals surface area contributed by atoms with Gasteiger partial charge >= 0.3 is 0 Å². The molecular weight excluding hydrogens is 270 g/mol. The zero-order valence-electron chi connectivity index (χ0n) is 12.0. The summed E-state index contributed by atoms with van der Waals surface area (Å²) in [6.45, 7) is 5.23. The highest BCUT2D eigenvalue weighted by molar-refractivity contribution is 7.80. The van der Waals surface area contributed by atoms with Crippen LogP contribution in [0.5, 0.6) is 0 Å². The van der Waals surface area contributed by atoms with E-state index in [2.05, 4.69) is 11.9 Å². The lowest BCUT2D eigenvalue weighted by molar-refractivity contribution is -0.144. The molecule has 108 valence electrons. The van der Waals surface area contributed by atoms with Gasteiger partial charge in [0.1, 0.15) is 0 Å². The third-order valence-electron chi connectivity index (χ3n) is 4.02. The lowest BCUT2D eigenvalue weighted by Gasteiger charge is -2.46. The van der Waals surface area contributed by atoms with Gasteiger partial charge in [-0.05, 0) is 37.8 Å². The van der Waals surface area contributed by atoms with Crippen LogP contribution >= 0.6 is 12.2 Å².